The molecule has 1 atom stereocenters. The fraction of sp³-hybridized carbons (Fsp3) is 0.529. The van der Waals surface area contributed by atoms with Gasteiger partial charge in [-0.15, -0.1) is 24.8 Å². The summed E-state index contributed by atoms with van der Waals surface area (Å²) in [5, 5.41) is 6.27. The Morgan fingerprint density at radius 1 is 1.20 bits per heavy atom. The molecule has 2 amide bonds. The molecule has 2 aliphatic heterocycles. The monoisotopic (exact) mass is 388 g/mol. The fourth-order valence-corrected chi connectivity index (χ4v) is 3.15. The predicted octanol–water partition coefficient (Wildman–Crippen LogP) is 1.89. The van der Waals surface area contributed by atoms with Gasteiger partial charge in [0.2, 0.25) is 11.8 Å². The van der Waals surface area contributed by atoms with E-state index in [1.54, 1.807) is 4.90 Å². The van der Waals surface area contributed by atoms with Crippen molar-refractivity contribution in [1.82, 2.24) is 10.2 Å². The van der Waals surface area contributed by atoms with Gasteiger partial charge in [0.1, 0.15) is 0 Å². The Kier molecular flexibility index (Phi) is 8.65. The van der Waals surface area contributed by atoms with Crippen LogP contribution in [0.2, 0.25) is 0 Å². The Morgan fingerprint density at radius 2 is 1.92 bits per heavy atom. The number of nitrogens with one attached hydrogen (secondary N) is 2. The third kappa shape index (κ3) is 5.31. The Hall–Kier alpha value is -1.34. The average Bonchev–Trinajstić information content (AvgIpc) is 3.01. The van der Waals surface area contributed by atoms with Gasteiger partial charge < -0.3 is 15.5 Å². The van der Waals surface area contributed by atoms with Crippen LogP contribution in [-0.2, 0) is 9.59 Å². The average molecular weight is 389 g/mol. The molecule has 1 aromatic carbocycles. The molecule has 1 aromatic rings. The van der Waals surface area contributed by atoms with Gasteiger partial charge in [-0.2, -0.15) is 0 Å². The van der Waals surface area contributed by atoms with Crippen LogP contribution >= 0.6 is 24.8 Å². The lowest BCUT2D eigenvalue weighted by atomic mass is 10.2. The summed E-state index contributed by atoms with van der Waals surface area (Å²) in [7, 11) is 0. The number of hydrogen-bond acceptors (Lipinski definition) is 4. The summed E-state index contributed by atoms with van der Waals surface area (Å²) < 4.78 is 0. The van der Waals surface area contributed by atoms with E-state index in [1.807, 2.05) is 31.2 Å². The number of carbonyl (C=O) groups is 2. The summed E-state index contributed by atoms with van der Waals surface area (Å²) in [5.74, 6) is 0.152. The number of piperazine rings is 1. The first-order valence-electron chi connectivity index (χ1n) is 8.31. The van der Waals surface area contributed by atoms with E-state index in [2.05, 4.69) is 15.5 Å². The van der Waals surface area contributed by atoms with Crippen LogP contribution in [0.1, 0.15) is 19.8 Å². The van der Waals surface area contributed by atoms with Crippen molar-refractivity contribution in [3.63, 3.8) is 0 Å². The van der Waals surface area contributed by atoms with E-state index in [4.69, 9.17) is 0 Å². The molecule has 25 heavy (non-hydrogen) atoms. The van der Waals surface area contributed by atoms with Gasteiger partial charge in [-0.3, -0.25) is 14.5 Å². The summed E-state index contributed by atoms with van der Waals surface area (Å²) in [4.78, 5) is 28.3. The highest BCUT2D eigenvalue weighted by Gasteiger charge is 2.24. The number of halogens is 2. The van der Waals surface area contributed by atoms with Crippen molar-refractivity contribution >= 4 is 48.0 Å². The molecule has 0 aliphatic carbocycles. The molecule has 2 fully saturated rings. The van der Waals surface area contributed by atoms with Crippen LogP contribution < -0.4 is 15.5 Å². The highest BCUT2D eigenvalue weighted by atomic mass is 35.5. The smallest absolute Gasteiger partial charge is 0.241 e. The predicted molar refractivity (Wildman–Crippen MR) is 105 cm³/mol. The van der Waals surface area contributed by atoms with Crippen molar-refractivity contribution in [3.05, 3.63) is 24.3 Å². The number of amides is 2. The summed E-state index contributed by atoms with van der Waals surface area (Å²) >= 11 is 0. The van der Waals surface area contributed by atoms with E-state index in [9.17, 15) is 9.59 Å². The topological polar surface area (TPSA) is 64.7 Å². The highest BCUT2D eigenvalue weighted by molar-refractivity contribution is 5.98. The van der Waals surface area contributed by atoms with Gasteiger partial charge in [-0.05, 0) is 31.5 Å². The third-order valence-electron chi connectivity index (χ3n) is 4.58. The van der Waals surface area contributed by atoms with Crippen LogP contribution in [0.25, 0.3) is 0 Å². The number of hydrogen-bond donors (Lipinski definition) is 2. The third-order valence-corrected chi connectivity index (χ3v) is 4.58. The first-order valence-corrected chi connectivity index (χ1v) is 8.31. The molecule has 8 heteroatoms. The quantitative estimate of drug-likeness (QED) is 0.826. The summed E-state index contributed by atoms with van der Waals surface area (Å²) in [6.45, 7) is 6.31. The SMILES string of the molecule is CC(C(=O)Nc1cccc(N2CCCC2=O)c1)N1CCNCC1.Cl.Cl. The molecule has 3 rings (SSSR count). The van der Waals surface area contributed by atoms with Crippen molar-refractivity contribution in [2.45, 2.75) is 25.8 Å². The van der Waals surface area contributed by atoms with Gasteiger partial charge in [0.15, 0.2) is 0 Å². The molecule has 2 N–H and O–H groups in total. The van der Waals surface area contributed by atoms with E-state index in [-0.39, 0.29) is 42.7 Å². The molecular formula is C17H26Cl2N4O2. The van der Waals surface area contributed by atoms with Gasteiger partial charge >= 0.3 is 0 Å². The zero-order valence-corrected chi connectivity index (χ0v) is 16.0. The first-order chi connectivity index (χ1) is 11.1. The highest BCUT2D eigenvalue weighted by Crippen LogP contribution is 2.24. The normalized spacial score (nSPS) is 18.9. The lowest BCUT2D eigenvalue weighted by Crippen LogP contribution is -2.51. The molecule has 2 heterocycles. The number of rotatable bonds is 4. The largest absolute Gasteiger partial charge is 0.325 e. The standard InChI is InChI=1S/C17H24N4O2.2ClH/c1-13(20-10-7-18-8-11-20)17(23)19-14-4-2-5-15(12-14)21-9-3-6-16(21)22;;/h2,4-5,12-13,18H,3,6-11H2,1H3,(H,19,23);2*1H. The summed E-state index contributed by atoms with van der Waals surface area (Å²) in [6, 6.07) is 7.39. The van der Waals surface area contributed by atoms with Gasteiger partial charge in [-0.1, -0.05) is 6.07 Å². The second-order valence-electron chi connectivity index (χ2n) is 6.15. The molecule has 0 aromatic heterocycles. The summed E-state index contributed by atoms with van der Waals surface area (Å²) in [5.41, 5.74) is 1.61. The number of anilines is 2. The molecule has 140 valence electrons. The minimum absolute atomic E-state index is 0. The van der Waals surface area contributed by atoms with E-state index < -0.39 is 0 Å². The van der Waals surface area contributed by atoms with E-state index in [0.29, 0.717) is 6.42 Å². The zero-order valence-electron chi connectivity index (χ0n) is 14.4. The maximum absolute atomic E-state index is 12.5. The van der Waals surface area contributed by atoms with Crippen molar-refractivity contribution in [3.8, 4) is 0 Å². The van der Waals surface area contributed by atoms with Crippen LogP contribution in [0.4, 0.5) is 11.4 Å². The zero-order chi connectivity index (χ0) is 16.2. The Labute approximate surface area is 161 Å². The van der Waals surface area contributed by atoms with Crippen LogP contribution in [0, 0.1) is 0 Å². The van der Waals surface area contributed by atoms with Crippen LogP contribution in [0.3, 0.4) is 0 Å². The van der Waals surface area contributed by atoms with Crippen LogP contribution in [0.5, 0.6) is 0 Å². The van der Waals surface area contributed by atoms with Gasteiger partial charge in [-0.25, -0.2) is 0 Å². The van der Waals surface area contributed by atoms with Crippen LogP contribution in [-0.4, -0.2) is 55.5 Å². The number of benzene rings is 1. The molecule has 1 unspecified atom stereocenters. The number of carbonyl (C=O) groups excluding carboxylic acids is 2. The van der Waals surface area contributed by atoms with Crippen LogP contribution in [0.15, 0.2) is 24.3 Å². The Bertz CT molecular complexity index is 594. The lowest BCUT2D eigenvalue weighted by Gasteiger charge is -2.31. The molecule has 6 nitrogen and oxygen atoms in total. The molecule has 0 spiro atoms. The Balaban J connectivity index is 0.00000156. The lowest BCUT2D eigenvalue weighted by molar-refractivity contribution is -0.121. The van der Waals surface area contributed by atoms with Gasteiger partial charge in [0.05, 0.1) is 6.04 Å². The van der Waals surface area contributed by atoms with Gasteiger partial charge in [0, 0.05) is 50.5 Å². The summed E-state index contributed by atoms with van der Waals surface area (Å²) in [6.07, 6.45) is 1.51. The second-order valence-corrected chi connectivity index (χ2v) is 6.15. The number of nitrogens with zero attached hydrogens (tertiary/aromatic N) is 2. The maximum atomic E-state index is 12.5. The van der Waals surface area contributed by atoms with Crippen molar-refractivity contribution in [2.75, 3.05) is 42.9 Å². The second kappa shape index (κ2) is 9.97. The Morgan fingerprint density at radius 3 is 2.56 bits per heavy atom. The molecule has 0 bridgehead atoms. The van der Waals surface area contributed by atoms with Crippen molar-refractivity contribution < 1.29 is 9.59 Å². The maximum Gasteiger partial charge on any atom is 0.241 e. The first kappa shape index (κ1) is 21.7. The van der Waals surface area contributed by atoms with Gasteiger partial charge in [0.25, 0.3) is 0 Å². The minimum atomic E-state index is -0.158. The van der Waals surface area contributed by atoms with Crippen molar-refractivity contribution in [2.24, 2.45) is 0 Å². The minimum Gasteiger partial charge on any atom is -0.325 e. The molecule has 2 aliphatic rings. The molecule has 0 saturated carbocycles. The van der Waals surface area contributed by atoms with Crippen molar-refractivity contribution in [1.29, 1.82) is 0 Å². The van der Waals surface area contributed by atoms with E-state index in [1.165, 1.54) is 0 Å². The fourth-order valence-electron chi connectivity index (χ4n) is 3.15. The molecule has 0 radical (unpaired) electrons. The van der Waals surface area contributed by atoms with E-state index in [0.717, 1.165) is 50.5 Å². The molecular weight excluding hydrogens is 363 g/mol. The molecule has 2 saturated heterocycles. The van der Waals surface area contributed by atoms with E-state index >= 15 is 0 Å².